The number of thioether (sulfide) groups is 1. The minimum atomic E-state index is -0.709. The standard InChI is InChI=1S/C24H35N3O3S/c28-23(29)14-7-2-1-6-12-19-20(22-16-15-21(19)31-22)13-8-9-17-25-27-24(30)26-18-10-4-3-5-11-18/h1,3-6,10-11,19-22,25H,2,7-9,12-17H2,(H,28,29)(H2,26,27,30)/b6-1-/t19-,20+,21-,22+/m0/s1. The first-order valence-corrected chi connectivity index (χ1v) is 12.4. The summed E-state index contributed by atoms with van der Waals surface area (Å²) in [6, 6.07) is 9.16. The average molecular weight is 446 g/mol. The van der Waals surface area contributed by atoms with E-state index in [4.69, 9.17) is 5.11 Å². The number of amides is 2. The number of para-hydroxylation sites is 1. The van der Waals surface area contributed by atoms with Crippen LogP contribution < -0.4 is 16.2 Å². The second-order valence-corrected chi connectivity index (χ2v) is 9.96. The van der Waals surface area contributed by atoms with Gasteiger partial charge in [-0.15, -0.1) is 0 Å². The molecule has 2 aliphatic heterocycles. The number of nitrogens with one attached hydrogen (secondary N) is 3. The maximum Gasteiger partial charge on any atom is 0.333 e. The second-order valence-electron chi connectivity index (χ2n) is 8.48. The lowest BCUT2D eigenvalue weighted by atomic mass is 9.75. The molecule has 2 aliphatic rings. The van der Waals surface area contributed by atoms with Crippen LogP contribution in [0.4, 0.5) is 10.5 Å². The van der Waals surface area contributed by atoms with Crippen LogP contribution in [0.3, 0.4) is 0 Å². The van der Waals surface area contributed by atoms with E-state index in [9.17, 15) is 9.59 Å². The van der Waals surface area contributed by atoms with Crippen molar-refractivity contribution in [3.63, 3.8) is 0 Å². The minimum absolute atomic E-state index is 0.245. The fourth-order valence-electron chi connectivity index (χ4n) is 4.76. The first kappa shape index (κ1) is 23.7. The molecule has 4 N–H and O–H groups in total. The Balaban J connectivity index is 1.28. The summed E-state index contributed by atoms with van der Waals surface area (Å²) in [5.41, 5.74) is 6.49. The normalized spacial score (nSPS) is 24.5. The van der Waals surface area contributed by atoms with E-state index in [1.165, 1.54) is 25.7 Å². The third-order valence-electron chi connectivity index (χ3n) is 6.25. The third kappa shape index (κ3) is 7.89. The molecular weight excluding hydrogens is 410 g/mol. The molecule has 2 bridgehead atoms. The lowest BCUT2D eigenvalue weighted by Gasteiger charge is -2.29. The summed E-state index contributed by atoms with van der Waals surface area (Å²) in [6.07, 6.45) is 13.6. The van der Waals surface area contributed by atoms with Crippen LogP contribution in [0.25, 0.3) is 0 Å². The SMILES string of the molecule is O=C(O)CCC/C=C\C[C@H]1[C@@H](CCCCNNC(=O)Nc2ccccc2)[C@H]2CC[C@@H]1S2. The monoisotopic (exact) mass is 445 g/mol. The molecular formula is C24H35N3O3S. The number of fused-ring (bicyclic) bond motifs is 2. The van der Waals surface area contributed by atoms with Gasteiger partial charge in [0.05, 0.1) is 0 Å². The Kier molecular flexibility index (Phi) is 9.75. The van der Waals surface area contributed by atoms with Gasteiger partial charge in [-0.05, 0) is 68.9 Å². The Morgan fingerprint density at radius 1 is 1.03 bits per heavy atom. The number of carbonyl (C=O) groups excluding carboxylic acids is 1. The van der Waals surface area contributed by atoms with Gasteiger partial charge in [-0.3, -0.25) is 10.2 Å². The predicted molar refractivity (Wildman–Crippen MR) is 127 cm³/mol. The Hall–Kier alpha value is -1.99. The number of hydrogen-bond acceptors (Lipinski definition) is 4. The molecule has 170 valence electrons. The highest BCUT2D eigenvalue weighted by Gasteiger charge is 2.46. The van der Waals surface area contributed by atoms with E-state index in [1.807, 2.05) is 30.3 Å². The number of aliphatic carboxylic acids is 1. The number of hydrazine groups is 1. The molecule has 0 radical (unpaired) electrons. The van der Waals surface area contributed by atoms with Gasteiger partial charge in [-0.1, -0.05) is 36.8 Å². The number of carbonyl (C=O) groups is 2. The molecule has 0 unspecified atom stereocenters. The molecule has 31 heavy (non-hydrogen) atoms. The van der Waals surface area contributed by atoms with Crippen molar-refractivity contribution in [3.05, 3.63) is 42.5 Å². The molecule has 3 rings (SSSR count). The number of allylic oxidation sites excluding steroid dienone is 2. The maximum absolute atomic E-state index is 11.9. The molecule has 0 aromatic heterocycles. The van der Waals surface area contributed by atoms with Gasteiger partial charge in [0, 0.05) is 29.2 Å². The number of benzene rings is 1. The van der Waals surface area contributed by atoms with Gasteiger partial charge in [0.25, 0.3) is 0 Å². The van der Waals surface area contributed by atoms with Crippen LogP contribution in [-0.2, 0) is 4.79 Å². The van der Waals surface area contributed by atoms with Crippen LogP contribution in [0.1, 0.15) is 57.8 Å². The predicted octanol–water partition coefficient (Wildman–Crippen LogP) is 5.19. The second kappa shape index (κ2) is 12.8. The fourth-order valence-corrected chi connectivity index (χ4v) is 6.81. The average Bonchev–Trinajstić information content (AvgIpc) is 3.35. The lowest BCUT2D eigenvalue weighted by molar-refractivity contribution is -0.137. The highest BCUT2D eigenvalue weighted by molar-refractivity contribution is 8.01. The van der Waals surface area contributed by atoms with Crippen molar-refractivity contribution in [2.75, 3.05) is 11.9 Å². The van der Waals surface area contributed by atoms with Gasteiger partial charge < -0.3 is 10.4 Å². The number of carboxylic acids is 1. The Morgan fingerprint density at radius 2 is 1.81 bits per heavy atom. The zero-order valence-electron chi connectivity index (χ0n) is 18.1. The van der Waals surface area contributed by atoms with Crippen LogP contribution in [-0.4, -0.2) is 34.2 Å². The molecule has 6 nitrogen and oxygen atoms in total. The first-order valence-electron chi connectivity index (χ1n) is 11.5. The molecule has 0 aliphatic carbocycles. The summed E-state index contributed by atoms with van der Waals surface area (Å²) in [5.74, 6) is 0.850. The smallest absolute Gasteiger partial charge is 0.333 e. The zero-order valence-corrected chi connectivity index (χ0v) is 18.9. The Labute approximate surface area is 189 Å². The van der Waals surface area contributed by atoms with Gasteiger partial charge in [0.1, 0.15) is 0 Å². The number of anilines is 1. The minimum Gasteiger partial charge on any atom is -0.481 e. The van der Waals surface area contributed by atoms with Crippen LogP contribution in [0.15, 0.2) is 42.5 Å². The summed E-state index contributed by atoms with van der Waals surface area (Å²) in [6.45, 7) is 0.768. The van der Waals surface area contributed by atoms with Gasteiger partial charge in [0.15, 0.2) is 0 Å². The van der Waals surface area contributed by atoms with E-state index in [-0.39, 0.29) is 12.5 Å². The molecule has 7 heteroatoms. The summed E-state index contributed by atoms with van der Waals surface area (Å²) in [5, 5.41) is 13.1. The number of carboxylic acid groups (broad SMARTS) is 1. The number of rotatable bonds is 13. The molecule has 2 saturated heterocycles. The Bertz CT molecular complexity index is 728. The zero-order chi connectivity index (χ0) is 21.9. The number of hydrogen-bond donors (Lipinski definition) is 4. The fraction of sp³-hybridized carbons (Fsp3) is 0.583. The first-order chi connectivity index (χ1) is 15.1. The molecule has 2 heterocycles. The van der Waals surface area contributed by atoms with Crippen molar-refractivity contribution in [3.8, 4) is 0 Å². The van der Waals surface area contributed by atoms with E-state index >= 15 is 0 Å². The van der Waals surface area contributed by atoms with E-state index < -0.39 is 5.97 Å². The summed E-state index contributed by atoms with van der Waals surface area (Å²) >= 11 is 2.20. The van der Waals surface area contributed by atoms with Crippen molar-refractivity contribution in [2.24, 2.45) is 11.8 Å². The molecule has 0 spiro atoms. The highest BCUT2D eigenvalue weighted by Crippen LogP contribution is 2.55. The molecule has 0 saturated carbocycles. The van der Waals surface area contributed by atoms with E-state index in [2.05, 4.69) is 40.1 Å². The van der Waals surface area contributed by atoms with Gasteiger partial charge in [-0.2, -0.15) is 11.8 Å². The molecule has 1 aromatic carbocycles. The number of unbranched alkanes of at least 4 members (excludes halogenated alkanes) is 2. The highest BCUT2D eigenvalue weighted by atomic mass is 32.2. The summed E-state index contributed by atoms with van der Waals surface area (Å²) in [7, 11) is 0. The molecule has 4 atom stereocenters. The topological polar surface area (TPSA) is 90.5 Å². The third-order valence-corrected chi connectivity index (χ3v) is 8.12. The largest absolute Gasteiger partial charge is 0.481 e. The maximum atomic E-state index is 11.9. The Morgan fingerprint density at radius 3 is 2.58 bits per heavy atom. The molecule has 1 aromatic rings. The summed E-state index contributed by atoms with van der Waals surface area (Å²) < 4.78 is 0. The lowest BCUT2D eigenvalue weighted by Crippen LogP contribution is -2.40. The van der Waals surface area contributed by atoms with Crippen LogP contribution in [0, 0.1) is 11.8 Å². The van der Waals surface area contributed by atoms with Crippen molar-refractivity contribution >= 4 is 29.4 Å². The quantitative estimate of drug-likeness (QED) is 0.190. The van der Waals surface area contributed by atoms with Crippen molar-refractivity contribution in [1.82, 2.24) is 10.9 Å². The van der Waals surface area contributed by atoms with Gasteiger partial charge >= 0.3 is 12.0 Å². The van der Waals surface area contributed by atoms with E-state index in [0.29, 0.717) is 0 Å². The van der Waals surface area contributed by atoms with Crippen molar-refractivity contribution < 1.29 is 14.7 Å². The van der Waals surface area contributed by atoms with Crippen molar-refractivity contribution in [1.29, 1.82) is 0 Å². The summed E-state index contributed by atoms with van der Waals surface area (Å²) in [4.78, 5) is 22.5. The van der Waals surface area contributed by atoms with E-state index in [0.717, 1.165) is 60.3 Å². The van der Waals surface area contributed by atoms with Gasteiger partial charge in [-0.25, -0.2) is 10.2 Å². The molecule has 2 amide bonds. The molecule has 2 fully saturated rings. The van der Waals surface area contributed by atoms with Crippen LogP contribution in [0.5, 0.6) is 0 Å². The van der Waals surface area contributed by atoms with Crippen LogP contribution >= 0.6 is 11.8 Å². The van der Waals surface area contributed by atoms with Crippen LogP contribution in [0.2, 0.25) is 0 Å². The van der Waals surface area contributed by atoms with E-state index in [1.54, 1.807) is 0 Å². The number of urea groups is 1. The van der Waals surface area contributed by atoms with Crippen molar-refractivity contribution in [2.45, 2.75) is 68.3 Å². The van der Waals surface area contributed by atoms with Gasteiger partial charge in [0.2, 0.25) is 0 Å².